The Morgan fingerprint density at radius 3 is 2.56 bits per heavy atom. The number of nitrogens with one attached hydrogen (secondary N) is 1. The molecule has 0 amide bonds. The van der Waals surface area contributed by atoms with Gasteiger partial charge >= 0.3 is 0 Å². The van der Waals surface area contributed by atoms with Crippen molar-refractivity contribution in [3.63, 3.8) is 0 Å². The van der Waals surface area contributed by atoms with Gasteiger partial charge in [-0.15, -0.1) is 0 Å². The Bertz CT molecular complexity index is 534. The zero-order valence-corrected chi connectivity index (χ0v) is 12.4. The summed E-state index contributed by atoms with van der Waals surface area (Å²) in [6.07, 6.45) is 0. The van der Waals surface area contributed by atoms with Crippen LogP contribution >= 0.6 is 15.9 Å². The Balaban J connectivity index is 2.48. The summed E-state index contributed by atoms with van der Waals surface area (Å²) in [4.78, 5) is 0. The van der Waals surface area contributed by atoms with E-state index >= 15 is 0 Å². The van der Waals surface area contributed by atoms with Crippen LogP contribution in [0.1, 0.15) is 18.1 Å². The summed E-state index contributed by atoms with van der Waals surface area (Å²) in [5.74, 6) is 0. The van der Waals surface area contributed by atoms with Crippen LogP contribution in [-0.4, -0.2) is 6.54 Å². The van der Waals surface area contributed by atoms with E-state index in [9.17, 15) is 0 Å². The SMILES string of the molecule is CCNCc1ccc(C)cc1-c1ccccc1Br. The Morgan fingerprint density at radius 2 is 1.83 bits per heavy atom. The predicted molar refractivity (Wildman–Crippen MR) is 81.7 cm³/mol. The number of aryl methyl sites for hydroxylation is 1. The monoisotopic (exact) mass is 303 g/mol. The molecule has 0 aliphatic heterocycles. The summed E-state index contributed by atoms with van der Waals surface area (Å²) in [6, 6.07) is 15.0. The first-order valence-corrected chi connectivity index (χ1v) is 7.07. The van der Waals surface area contributed by atoms with Crippen LogP contribution < -0.4 is 5.32 Å². The van der Waals surface area contributed by atoms with Crippen LogP contribution in [-0.2, 0) is 6.54 Å². The Kier molecular flexibility index (Phi) is 4.56. The van der Waals surface area contributed by atoms with Gasteiger partial charge in [0.05, 0.1) is 0 Å². The van der Waals surface area contributed by atoms with Crippen LogP contribution in [0.2, 0.25) is 0 Å². The van der Waals surface area contributed by atoms with E-state index in [2.05, 4.69) is 71.5 Å². The minimum Gasteiger partial charge on any atom is -0.313 e. The first-order chi connectivity index (χ1) is 8.72. The first kappa shape index (κ1) is 13.3. The molecule has 0 radical (unpaired) electrons. The predicted octanol–water partition coefficient (Wildman–Crippen LogP) is 4.53. The quantitative estimate of drug-likeness (QED) is 0.875. The highest BCUT2D eigenvalue weighted by atomic mass is 79.9. The second-order valence-corrected chi connectivity index (χ2v) is 5.28. The van der Waals surface area contributed by atoms with E-state index in [4.69, 9.17) is 0 Å². The van der Waals surface area contributed by atoms with Crippen molar-refractivity contribution in [2.75, 3.05) is 6.54 Å². The molecule has 18 heavy (non-hydrogen) atoms. The number of hydrogen-bond acceptors (Lipinski definition) is 1. The summed E-state index contributed by atoms with van der Waals surface area (Å²) in [6.45, 7) is 6.17. The average molecular weight is 304 g/mol. The van der Waals surface area contributed by atoms with Gasteiger partial charge in [0.1, 0.15) is 0 Å². The topological polar surface area (TPSA) is 12.0 Å². The molecule has 0 fully saturated rings. The molecule has 0 unspecified atom stereocenters. The van der Waals surface area contributed by atoms with Crippen molar-refractivity contribution in [3.8, 4) is 11.1 Å². The lowest BCUT2D eigenvalue weighted by Crippen LogP contribution is -2.12. The van der Waals surface area contributed by atoms with Crippen molar-refractivity contribution in [2.24, 2.45) is 0 Å². The van der Waals surface area contributed by atoms with E-state index in [1.54, 1.807) is 0 Å². The van der Waals surface area contributed by atoms with Gasteiger partial charge in [-0.05, 0) is 36.2 Å². The van der Waals surface area contributed by atoms with Crippen molar-refractivity contribution in [1.82, 2.24) is 5.32 Å². The molecule has 1 N–H and O–H groups in total. The maximum Gasteiger partial charge on any atom is 0.0253 e. The molecule has 0 spiro atoms. The Labute approximate surface area is 117 Å². The number of hydrogen-bond donors (Lipinski definition) is 1. The summed E-state index contributed by atoms with van der Waals surface area (Å²) in [5.41, 5.74) is 5.20. The van der Waals surface area contributed by atoms with Gasteiger partial charge in [-0.25, -0.2) is 0 Å². The zero-order valence-electron chi connectivity index (χ0n) is 10.8. The van der Waals surface area contributed by atoms with Crippen LogP contribution in [0, 0.1) is 6.92 Å². The van der Waals surface area contributed by atoms with E-state index in [1.165, 1.54) is 22.3 Å². The fraction of sp³-hybridized carbons (Fsp3) is 0.250. The summed E-state index contributed by atoms with van der Waals surface area (Å²) >= 11 is 3.64. The number of benzene rings is 2. The second kappa shape index (κ2) is 6.17. The fourth-order valence-corrected chi connectivity index (χ4v) is 2.53. The molecule has 0 saturated heterocycles. The standard InChI is InChI=1S/C16H18BrN/c1-3-18-11-13-9-8-12(2)10-15(13)14-6-4-5-7-16(14)17/h4-10,18H,3,11H2,1-2H3. The van der Waals surface area contributed by atoms with Crippen molar-refractivity contribution < 1.29 is 0 Å². The van der Waals surface area contributed by atoms with E-state index in [0.29, 0.717) is 0 Å². The number of halogens is 1. The molecule has 2 aromatic carbocycles. The largest absolute Gasteiger partial charge is 0.313 e. The third kappa shape index (κ3) is 3.01. The molecule has 0 heterocycles. The maximum absolute atomic E-state index is 3.64. The van der Waals surface area contributed by atoms with Crippen LogP contribution in [0.25, 0.3) is 11.1 Å². The van der Waals surface area contributed by atoms with Gasteiger partial charge in [0.2, 0.25) is 0 Å². The Hall–Kier alpha value is -1.12. The summed E-state index contributed by atoms with van der Waals surface area (Å²) < 4.78 is 1.15. The zero-order chi connectivity index (χ0) is 13.0. The summed E-state index contributed by atoms with van der Waals surface area (Å²) in [5, 5.41) is 3.40. The van der Waals surface area contributed by atoms with Crippen molar-refractivity contribution in [1.29, 1.82) is 0 Å². The highest BCUT2D eigenvalue weighted by molar-refractivity contribution is 9.10. The average Bonchev–Trinajstić information content (AvgIpc) is 2.38. The molecule has 0 aromatic heterocycles. The molecule has 0 atom stereocenters. The normalized spacial score (nSPS) is 10.6. The lowest BCUT2D eigenvalue weighted by Gasteiger charge is -2.13. The fourth-order valence-electron chi connectivity index (χ4n) is 2.03. The van der Waals surface area contributed by atoms with Gasteiger partial charge in [0.25, 0.3) is 0 Å². The minimum atomic E-state index is 0.910. The third-order valence-electron chi connectivity index (χ3n) is 2.99. The molecule has 2 heteroatoms. The highest BCUT2D eigenvalue weighted by Gasteiger charge is 2.08. The minimum absolute atomic E-state index is 0.910. The van der Waals surface area contributed by atoms with Crippen LogP contribution in [0.4, 0.5) is 0 Å². The van der Waals surface area contributed by atoms with E-state index < -0.39 is 0 Å². The van der Waals surface area contributed by atoms with Crippen LogP contribution in [0.15, 0.2) is 46.9 Å². The molecule has 2 rings (SSSR count). The third-order valence-corrected chi connectivity index (χ3v) is 3.69. The van der Waals surface area contributed by atoms with Gasteiger partial charge in [0, 0.05) is 11.0 Å². The molecule has 0 saturated carbocycles. The highest BCUT2D eigenvalue weighted by Crippen LogP contribution is 2.31. The first-order valence-electron chi connectivity index (χ1n) is 6.27. The van der Waals surface area contributed by atoms with Crippen LogP contribution in [0.3, 0.4) is 0 Å². The molecular weight excluding hydrogens is 286 g/mol. The van der Waals surface area contributed by atoms with Crippen molar-refractivity contribution in [2.45, 2.75) is 20.4 Å². The van der Waals surface area contributed by atoms with Gasteiger partial charge in [-0.3, -0.25) is 0 Å². The van der Waals surface area contributed by atoms with Crippen LogP contribution in [0.5, 0.6) is 0 Å². The van der Waals surface area contributed by atoms with Gasteiger partial charge in [0.15, 0.2) is 0 Å². The van der Waals surface area contributed by atoms with Gasteiger partial charge in [-0.1, -0.05) is 64.8 Å². The van der Waals surface area contributed by atoms with E-state index in [0.717, 1.165) is 17.6 Å². The van der Waals surface area contributed by atoms with Gasteiger partial charge in [-0.2, -0.15) is 0 Å². The molecule has 0 aliphatic rings. The molecule has 0 bridgehead atoms. The van der Waals surface area contributed by atoms with Crippen molar-refractivity contribution >= 4 is 15.9 Å². The lowest BCUT2D eigenvalue weighted by atomic mass is 9.97. The summed E-state index contributed by atoms with van der Waals surface area (Å²) in [7, 11) is 0. The molecule has 2 aromatic rings. The lowest BCUT2D eigenvalue weighted by molar-refractivity contribution is 0.728. The molecule has 0 aliphatic carbocycles. The van der Waals surface area contributed by atoms with E-state index in [1.807, 2.05) is 6.07 Å². The molecule has 1 nitrogen and oxygen atoms in total. The number of rotatable bonds is 4. The maximum atomic E-state index is 3.64. The molecular formula is C16H18BrN. The van der Waals surface area contributed by atoms with Gasteiger partial charge < -0.3 is 5.32 Å². The van der Waals surface area contributed by atoms with E-state index in [-0.39, 0.29) is 0 Å². The second-order valence-electron chi connectivity index (χ2n) is 4.42. The van der Waals surface area contributed by atoms with Crippen molar-refractivity contribution in [3.05, 3.63) is 58.1 Å². The Morgan fingerprint density at radius 1 is 1.06 bits per heavy atom. The smallest absolute Gasteiger partial charge is 0.0253 e. The molecule has 94 valence electrons.